The lowest BCUT2D eigenvalue weighted by Gasteiger charge is -2.18. The zero-order chi connectivity index (χ0) is 46.5. The van der Waals surface area contributed by atoms with Gasteiger partial charge in [0.25, 0.3) is 0 Å². The molecule has 3 heterocycles. The normalized spacial score (nSPS) is 11.4. The van der Waals surface area contributed by atoms with Gasteiger partial charge in [-0.25, -0.2) is 19.8 Å². The number of benzene rings is 10. The maximum atomic E-state index is 8.70. The molecule has 0 aliphatic carbocycles. The van der Waals surface area contributed by atoms with Gasteiger partial charge in [-0.15, -0.1) is 0 Å². The number of aromatic nitrogens is 5. The molecule has 0 atom stereocenters. The van der Waals surface area contributed by atoms with E-state index in [0.29, 0.717) is 23.2 Å². The minimum atomic E-state index is 0.534. The molecule has 13 aromatic rings. The highest BCUT2D eigenvalue weighted by molar-refractivity contribution is 6.12. The number of fused-ring (bicyclic) bond motifs is 6. The predicted molar refractivity (Wildman–Crippen MR) is 287 cm³/mol. The third-order valence-corrected chi connectivity index (χ3v) is 13.4. The summed E-state index contributed by atoms with van der Waals surface area (Å²) in [5, 5.41) is 4.60. The first-order valence-electron chi connectivity index (χ1n) is 23.4. The molecule has 6 nitrogen and oxygen atoms in total. The van der Waals surface area contributed by atoms with E-state index in [4.69, 9.17) is 21.5 Å². The Morgan fingerprint density at radius 1 is 0.300 bits per heavy atom. The molecule has 326 valence electrons. The SMILES string of the molecule is [C-]#[N+]c1ccc(-n2c3ccccc3c3cc(-c4ccccc4)ccc32)cc1-c1cc(-c2nc(-c3ccccc3)nc(-c3ccccc3)n2)ccc1-n1c2ccccc2c2cc(-c3ccccc3)ccc21. The maximum Gasteiger partial charge on any atom is 0.195 e. The molecule has 70 heavy (non-hydrogen) atoms. The van der Waals surface area contributed by atoms with Gasteiger partial charge < -0.3 is 9.13 Å². The second-order valence-electron chi connectivity index (χ2n) is 17.5. The van der Waals surface area contributed by atoms with Crippen molar-refractivity contribution in [3.63, 3.8) is 0 Å². The lowest BCUT2D eigenvalue weighted by Crippen LogP contribution is -2.02. The molecule has 0 aliphatic heterocycles. The molecule has 0 saturated carbocycles. The molecule has 0 aliphatic rings. The Morgan fingerprint density at radius 3 is 1.26 bits per heavy atom. The van der Waals surface area contributed by atoms with Crippen LogP contribution in [0, 0.1) is 6.57 Å². The topological polar surface area (TPSA) is 52.9 Å². The predicted octanol–water partition coefficient (Wildman–Crippen LogP) is 16.6. The van der Waals surface area contributed by atoms with E-state index in [-0.39, 0.29) is 0 Å². The van der Waals surface area contributed by atoms with Crippen LogP contribution in [0.3, 0.4) is 0 Å². The van der Waals surface area contributed by atoms with Crippen molar-refractivity contribution < 1.29 is 0 Å². The number of nitrogens with zero attached hydrogens (tertiary/aromatic N) is 6. The summed E-state index contributed by atoms with van der Waals surface area (Å²) in [7, 11) is 0. The summed E-state index contributed by atoms with van der Waals surface area (Å²) in [5.41, 5.74) is 15.6. The largest absolute Gasteiger partial charge is 0.309 e. The number of hydrogen-bond donors (Lipinski definition) is 0. The van der Waals surface area contributed by atoms with Crippen molar-refractivity contribution in [3.8, 4) is 78.9 Å². The van der Waals surface area contributed by atoms with Gasteiger partial charge in [0.2, 0.25) is 0 Å². The minimum Gasteiger partial charge on any atom is -0.309 e. The zero-order valence-electron chi connectivity index (χ0n) is 37.8. The molecular weight excluding hydrogens is 853 g/mol. The summed E-state index contributed by atoms with van der Waals surface area (Å²) < 4.78 is 4.68. The molecule has 3 aromatic heterocycles. The standard InChI is InChI=1S/C64H40N6/c1-65-56-34-33-49(69-57-28-16-14-26-50(57)53-38-46(30-35-59(53)69)42-18-6-2-7-19-42)41-52(56)55-40-48(64-67-62(44-22-10-4-11-23-44)66-63(68-64)45-24-12-5-13-25-45)32-37-61(55)70-58-29-17-15-27-51(58)54-39-47(31-36-60(54)70)43-20-8-3-9-21-43/h2-41H. The first-order chi connectivity index (χ1) is 34.7. The lowest BCUT2D eigenvalue weighted by molar-refractivity contribution is 1.07. The second-order valence-corrected chi connectivity index (χ2v) is 17.5. The monoisotopic (exact) mass is 892 g/mol. The van der Waals surface area contributed by atoms with Gasteiger partial charge in [0.1, 0.15) is 0 Å². The van der Waals surface area contributed by atoms with Gasteiger partial charge in [-0.3, -0.25) is 0 Å². The average Bonchev–Trinajstić information content (AvgIpc) is 3.95. The van der Waals surface area contributed by atoms with E-state index in [0.717, 1.165) is 99.5 Å². The van der Waals surface area contributed by atoms with Gasteiger partial charge in [0.15, 0.2) is 23.2 Å². The first-order valence-corrected chi connectivity index (χ1v) is 23.4. The molecule has 6 heteroatoms. The highest BCUT2D eigenvalue weighted by Crippen LogP contribution is 2.44. The number of rotatable bonds is 8. The molecule has 13 rings (SSSR count). The van der Waals surface area contributed by atoms with E-state index < -0.39 is 0 Å². The van der Waals surface area contributed by atoms with Crippen LogP contribution in [0.5, 0.6) is 0 Å². The maximum absolute atomic E-state index is 8.70. The van der Waals surface area contributed by atoms with Crippen LogP contribution in [-0.4, -0.2) is 24.1 Å². The Labute approximate surface area is 404 Å². The summed E-state index contributed by atoms with van der Waals surface area (Å²) >= 11 is 0. The first kappa shape index (κ1) is 40.6. The van der Waals surface area contributed by atoms with Crippen molar-refractivity contribution in [3.05, 3.63) is 254 Å². The van der Waals surface area contributed by atoms with Crippen molar-refractivity contribution in [2.45, 2.75) is 0 Å². The molecule has 0 unspecified atom stereocenters. The fourth-order valence-corrected chi connectivity index (χ4v) is 10.1. The van der Waals surface area contributed by atoms with Gasteiger partial charge in [0, 0.05) is 43.9 Å². The van der Waals surface area contributed by atoms with Crippen molar-refractivity contribution in [2.75, 3.05) is 0 Å². The summed E-state index contributed by atoms with van der Waals surface area (Å²) in [6, 6.07) is 84.5. The minimum absolute atomic E-state index is 0.534. The van der Waals surface area contributed by atoms with Crippen LogP contribution in [-0.2, 0) is 0 Å². The Hall–Kier alpha value is -9.70. The van der Waals surface area contributed by atoms with Crippen LogP contribution in [0.1, 0.15) is 0 Å². The van der Waals surface area contributed by atoms with Crippen LogP contribution < -0.4 is 0 Å². The van der Waals surface area contributed by atoms with Gasteiger partial charge in [-0.05, 0) is 100 Å². The molecule has 10 aromatic carbocycles. The number of para-hydroxylation sites is 2. The fourth-order valence-electron chi connectivity index (χ4n) is 10.1. The smallest absolute Gasteiger partial charge is 0.195 e. The summed E-state index contributed by atoms with van der Waals surface area (Å²) in [6.07, 6.45) is 0. The van der Waals surface area contributed by atoms with Crippen molar-refractivity contribution in [1.82, 2.24) is 24.1 Å². The van der Waals surface area contributed by atoms with E-state index in [1.807, 2.05) is 66.7 Å². The Morgan fingerprint density at radius 2 is 0.729 bits per heavy atom. The van der Waals surface area contributed by atoms with E-state index in [1.54, 1.807) is 0 Å². The molecule has 0 fully saturated rings. The Kier molecular flexibility index (Phi) is 9.78. The molecule has 0 saturated heterocycles. The highest BCUT2D eigenvalue weighted by atomic mass is 15.0. The molecule has 0 radical (unpaired) electrons. The van der Waals surface area contributed by atoms with Crippen LogP contribution in [0.2, 0.25) is 0 Å². The summed E-state index contributed by atoms with van der Waals surface area (Å²) in [4.78, 5) is 19.6. The summed E-state index contributed by atoms with van der Waals surface area (Å²) in [6.45, 7) is 8.70. The third kappa shape index (κ3) is 6.92. The van der Waals surface area contributed by atoms with Crippen molar-refractivity contribution in [1.29, 1.82) is 0 Å². The van der Waals surface area contributed by atoms with Crippen molar-refractivity contribution >= 4 is 49.3 Å². The summed E-state index contributed by atoms with van der Waals surface area (Å²) in [5.74, 6) is 1.70. The van der Waals surface area contributed by atoms with E-state index in [1.165, 1.54) is 5.56 Å². The third-order valence-electron chi connectivity index (χ3n) is 13.4. The molecular formula is C64H40N6. The second kappa shape index (κ2) is 16.9. The van der Waals surface area contributed by atoms with Gasteiger partial charge in [-0.2, -0.15) is 0 Å². The molecule has 0 N–H and O–H groups in total. The molecule has 0 spiro atoms. The van der Waals surface area contributed by atoms with Gasteiger partial charge in [-0.1, -0.05) is 176 Å². The van der Waals surface area contributed by atoms with Crippen LogP contribution in [0.15, 0.2) is 243 Å². The van der Waals surface area contributed by atoms with Crippen molar-refractivity contribution in [2.24, 2.45) is 0 Å². The zero-order valence-corrected chi connectivity index (χ0v) is 37.8. The van der Waals surface area contributed by atoms with E-state index in [2.05, 4.69) is 190 Å². The van der Waals surface area contributed by atoms with E-state index >= 15 is 0 Å². The van der Waals surface area contributed by atoms with E-state index in [9.17, 15) is 0 Å². The van der Waals surface area contributed by atoms with Crippen LogP contribution >= 0.6 is 0 Å². The Balaban J connectivity index is 1.08. The molecule has 0 bridgehead atoms. The Bertz CT molecular complexity index is 4110. The molecule has 0 amide bonds. The fraction of sp³-hybridized carbons (Fsp3) is 0. The quantitative estimate of drug-likeness (QED) is 0.143. The van der Waals surface area contributed by atoms with Gasteiger partial charge in [0.05, 0.1) is 34.3 Å². The van der Waals surface area contributed by atoms with Crippen LogP contribution in [0.25, 0.3) is 127 Å². The highest BCUT2D eigenvalue weighted by Gasteiger charge is 2.22. The number of hydrogen-bond acceptors (Lipinski definition) is 3. The lowest BCUT2D eigenvalue weighted by atomic mass is 9.97. The average molecular weight is 893 g/mol. The van der Waals surface area contributed by atoms with Crippen LogP contribution in [0.4, 0.5) is 5.69 Å². The van der Waals surface area contributed by atoms with Gasteiger partial charge >= 0.3 is 0 Å².